The molecule has 0 aliphatic heterocycles. The summed E-state index contributed by atoms with van der Waals surface area (Å²) in [6, 6.07) is 0.470. The van der Waals surface area contributed by atoms with Crippen LogP contribution in [-0.2, 0) is 9.53 Å². The second-order valence-electron chi connectivity index (χ2n) is 5.04. The first-order valence-corrected chi connectivity index (χ1v) is 6.61. The Bertz CT molecular complexity index is 257. The van der Waals surface area contributed by atoms with Gasteiger partial charge in [0.05, 0.1) is 6.10 Å². The van der Waals surface area contributed by atoms with Gasteiger partial charge in [-0.1, -0.05) is 13.8 Å². The molecule has 0 spiro atoms. The van der Waals surface area contributed by atoms with E-state index in [0.717, 1.165) is 26.0 Å². The van der Waals surface area contributed by atoms with Crippen molar-refractivity contribution in [3.63, 3.8) is 0 Å². The molecule has 0 radical (unpaired) electrons. The topological polar surface area (TPSA) is 58.6 Å². The van der Waals surface area contributed by atoms with Crippen LogP contribution in [-0.4, -0.2) is 36.4 Å². The van der Waals surface area contributed by atoms with Crippen molar-refractivity contribution in [2.45, 2.75) is 58.6 Å². The summed E-state index contributed by atoms with van der Waals surface area (Å²) in [6.07, 6.45) is 3.44. The summed E-state index contributed by atoms with van der Waals surface area (Å²) in [6.45, 7) is 8.03. The SMILES string of the molecule is CCOC1CC(NCCCC(=O)O)C1(C)CC. The molecule has 3 unspecified atom stereocenters. The summed E-state index contributed by atoms with van der Waals surface area (Å²) in [7, 11) is 0. The normalized spacial score (nSPS) is 32.2. The van der Waals surface area contributed by atoms with E-state index in [2.05, 4.69) is 19.2 Å². The molecule has 4 heteroatoms. The molecule has 4 nitrogen and oxygen atoms in total. The predicted molar refractivity (Wildman–Crippen MR) is 67.1 cm³/mol. The van der Waals surface area contributed by atoms with Crippen molar-refractivity contribution in [3.8, 4) is 0 Å². The number of carboxylic acids is 1. The van der Waals surface area contributed by atoms with Crippen molar-refractivity contribution in [1.29, 1.82) is 0 Å². The van der Waals surface area contributed by atoms with E-state index in [0.29, 0.717) is 18.6 Å². The Morgan fingerprint density at radius 3 is 2.76 bits per heavy atom. The van der Waals surface area contributed by atoms with Gasteiger partial charge in [-0.05, 0) is 32.7 Å². The van der Waals surface area contributed by atoms with Crippen LogP contribution >= 0.6 is 0 Å². The minimum atomic E-state index is -0.717. The molecule has 0 aromatic carbocycles. The van der Waals surface area contributed by atoms with Crippen LogP contribution in [0.4, 0.5) is 0 Å². The highest BCUT2D eigenvalue weighted by molar-refractivity contribution is 5.66. The van der Waals surface area contributed by atoms with Crippen LogP contribution in [0, 0.1) is 5.41 Å². The average Bonchev–Trinajstić information content (AvgIpc) is 2.30. The van der Waals surface area contributed by atoms with Gasteiger partial charge in [0.2, 0.25) is 0 Å². The lowest BCUT2D eigenvalue weighted by Crippen LogP contribution is -2.62. The molecule has 1 rings (SSSR count). The molecule has 0 bridgehead atoms. The number of aliphatic carboxylic acids is 1. The summed E-state index contributed by atoms with van der Waals surface area (Å²) in [5, 5.41) is 12.0. The number of ether oxygens (including phenoxy) is 1. The minimum absolute atomic E-state index is 0.208. The Hall–Kier alpha value is -0.610. The number of carbonyl (C=O) groups is 1. The molecule has 2 N–H and O–H groups in total. The minimum Gasteiger partial charge on any atom is -0.481 e. The first-order valence-electron chi connectivity index (χ1n) is 6.61. The van der Waals surface area contributed by atoms with Gasteiger partial charge in [-0.25, -0.2) is 0 Å². The average molecular weight is 243 g/mol. The van der Waals surface area contributed by atoms with Gasteiger partial charge in [0.15, 0.2) is 0 Å². The van der Waals surface area contributed by atoms with Crippen molar-refractivity contribution in [3.05, 3.63) is 0 Å². The zero-order chi connectivity index (χ0) is 12.9. The fourth-order valence-electron chi connectivity index (χ4n) is 2.58. The van der Waals surface area contributed by atoms with Crippen molar-refractivity contribution >= 4 is 5.97 Å². The number of carboxylic acid groups (broad SMARTS) is 1. The van der Waals surface area contributed by atoms with Gasteiger partial charge >= 0.3 is 5.97 Å². The van der Waals surface area contributed by atoms with Gasteiger partial charge in [-0.2, -0.15) is 0 Å². The van der Waals surface area contributed by atoms with Gasteiger partial charge < -0.3 is 15.2 Å². The van der Waals surface area contributed by atoms with E-state index in [9.17, 15) is 4.79 Å². The van der Waals surface area contributed by atoms with Crippen molar-refractivity contribution in [2.24, 2.45) is 5.41 Å². The molecule has 1 saturated carbocycles. The molecule has 0 aromatic heterocycles. The van der Waals surface area contributed by atoms with E-state index in [1.165, 1.54) is 0 Å². The number of hydrogen-bond acceptors (Lipinski definition) is 3. The molecular formula is C13H25NO3. The molecule has 100 valence electrons. The second-order valence-corrected chi connectivity index (χ2v) is 5.04. The molecule has 0 saturated heterocycles. The zero-order valence-corrected chi connectivity index (χ0v) is 11.2. The highest BCUT2D eigenvalue weighted by Crippen LogP contribution is 2.45. The lowest BCUT2D eigenvalue weighted by atomic mass is 9.61. The maximum absolute atomic E-state index is 10.4. The fraction of sp³-hybridized carbons (Fsp3) is 0.923. The first-order chi connectivity index (χ1) is 8.04. The van der Waals surface area contributed by atoms with E-state index >= 15 is 0 Å². The molecule has 1 fully saturated rings. The third kappa shape index (κ3) is 3.42. The molecule has 3 atom stereocenters. The number of rotatable bonds is 8. The van der Waals surface area contributed by atoms with Crippen LogP contribution in [0.3, 0.4) is 0 Å². The van der Waals surface area contributed by atoms with Crippen molar-refractivity contribution < 1.29 is 14.6 Å². The Kier molecular flexibility index (Phi) is 5.40. The van der Waals surface area contributed by atoms with E-state index in [-0.39, 0.29) is 11.8 Å². The lowest BCUT2D eigenvalue weighted by Gasteiger charge is -2.53. The highest BCUT2D eigenvalue weighted by Gasteiger charge is 2.50. The number of nitrogens with one attached hydrogen (secondary N) is 1. The summed E-state index contributed by atoms with van der Waals surface area (Å²) >= 11 is 0. The number of hydrogen-bond donors (Lipinski definition) is 2. The summed E-state index contributed by atoms with van der Waals surface area (Å²) in [5.41, 5.74) is 0.208. The predicted octanol–water partition coefficient (Wildman–Crippen LogP) is 2.03. The van der Waals surface area contributed by atoms with E-state index in [1.807, 2.05) is 6.92 Å². The quantitative estimate of drug-likeness (QED) is 0.640. The maximum Gasteiger partial charge on any atom is 0.303 e. The lowest BCUT2D eigenvalue weighted by molar-refractivity contribution is -0.137. The van der Waals surface area contributed by atoms with Gasteiger partial charge in [0, 0.05) is 24.5 Å². The van der Waals surface area contributed by atoms with Gasteiger partial charge in [-0.3, -0.25) is 4.79 Å². The van der Waals surface area contributed by atoms with E-state index < -0.39 is 5.97 Å². The molecule has 1 aliphatic carbocycles. The molecular weight excluding hydrogens is 218 g/mol. The molecule has 0 heterocycles. The van der Waals surface area contributed by atoms with Gasteiger partial charge in [-0.15, -0.1) is 0 Å². The molecule has 0 amide bonds. The largest absolute Gasteiger partial charge is 0.481 e. The molecule has 0 aromatic rings. The Labute approximate surface area is 104 Å². The third-order valence-electron chi connectivity index (χ3n) is 4.07. The second kappa shape index (κ2) is 6.36. The van der Waals surface area contributed by atoms with Crippen LogP contribution in [0.15, 0.2) is 0 Å². The first kappa shape index (κ1) is 14.5. The summed E-state index contributed by atoms with van der Waals surface area (Å²) in [4.78, 5) is 10.4. The Balaban J connectivity index is 2.28. The Morgan fingerprint density at radius 2 is 2.24 bits per heavy atom. The summed E-state index contributed by atoms with van der Waals surface area (Å²) in [5.74, 6) is -0.717. The van der Waals surface area contributed by atoms with Gasteiger partial charge in [0.1, 0.15) is 0 Å². The van der Waals surface area contributed by atoms with Crippen LogP contribution in [0.25, 0.3) is 0 Å². The molecule has 17 heavy (non-hydrogen) atoms. The molecule has 1 aliphatic rings. The van der Waals surface area contributed by atoms with E-state index in [4.69, 9.17) is 9.84 Å². The van der Waals surface area contributed by atoms with Crippen molar-refractivity contribution in [2.75, 3.05) is 13.2 Å². The Morgan fingerprint density at radius 1 is 1.53 bits per heavy atom. The summed E-state index contributed by atoms with van der Waals surface area (Å²) < 4.78 is 5.72. The van der Waals surface area contributed by atoms with Gasteiger partial charge in [0.25, 0.3) is 0 Å². The highest BCUT2D eigenvalue weighted by atomic mass is 16.5. The van der Waals surface area contributed by atoms with Crippen molar-refractivity contribution in [1.82, 2.24) is 5.32 Å². The maximum atomic E-state index is 10.4. The smallest absolute Gasteiger partial charge is 0.303 e. The standard InChI is InChI=1S/C13H25NO3/c1-4-13(3)10(9-11(13)17-5-2)14-8-6-7-12(15)16/h10-11,14H,4-9H2,1-3H3,(H,15,16). The van der Waals surface area contributed by atoms with Crippen LogP contribution in [0.2, 0.25) is 0 Å². The third-order valence-corrected chi connectivity index (χ3v) is 4.07. The van der Waals surface area contributed by atoms with Crippen LogP contribution in [0.1, 0.15) is 46.5 Å². The fourth-order valence-corrected chi connectivity index (χ4v) is 2.58. The van der Waals surface area contributed by atoms with Crippen LogP contribution < -0.4 is 5.32 Å². The monoisotopic (exact) mass is 243 g/mol. The van der Waals surface area contributed by atoms with Crippen LogP contribution in [0.5, 0.6) is 0 Å². The van der Waals surface area contributed by atoms with E-state index in [1.54, 1.807) is 0 Å². The zero-order valence-electron chi connectivity index (χ0n) is 11.2.